The van der Waals surface area contributed by atoms with Crippen LogP contribution in [0.15, 0.2) is 0 Å². The second-order valence-corrected chi connectivity index (χ2v) is 6.68. The molecular formula is C16H30N2O2. The van der Waals surface area contributed by atoms with Gasteiger partial charge in [0.1, 0.15) is 5.54 Å². The van der Waals surface area contributed by atoms with Crippen LogP contribution >= 0.6 is 0 Å². The summed E-state index contributed by atoms with van der Waals surface area (Å²) < 4.78 is 5.11. The molecule has 2 saturated carbocycles. The standard InChI is InChI=1S/C16H30N2O2/c1-5-18(13-8-9-13)14-7-6-10-16(11-14,15(19)20-4)17-12(2)3/h12-14,17H,5-11H2,1-4H3. The highest BCUT2D eigenvalue weighted by atomic mass is 16.5. The van der Waals surface area contributed by atoms with Crippen molar-refractivity contribution in [2.75, 3.05) is 13.7 Å². The third-order valence-electron chi connectivity index (χ3n) is 4.72. The maximum absolute atomic E-state index is 12.4. The van der Waals surface area contributed by atoms with Crippen LogP contribution in [0.5, 0.6) is 0 Å². The summed E-state index contributed by atoms with van der Waals surface area (Å²) in [6.07, 6.45) is 6.75. The second kappa shape index (κ2) is 6.44. The second-order valence-electron chi connectivity index (χ2n) is 6.68. The van der Waals surface area contributed by atoms with Gasteiger partial charge in [-0.05, 0) is 58.9 Å². The largest absolute Gasteiger partial charge is 0.468 e. The normalized spacial score (nSPS) is 30.8. The molecule has 2 unspecified atom stereocenters. The number of methoxy groups -OCH3 is 1. The van der Waals surface area contributed by atoms with Gasteiger partial charge in [-0.3, -0.25) is 15.0 Å². The Bertz CT molecular complexity index is 341. The van der Waals surface area contributed by atoms with E-state index in [1.54, 1.807) is 0 Å². The molecule has 0 amide bonds. The SMILES string of the molecule is CCN(C1CC1)C1CCCC(NC(C)C)(C(=O)OC)C1. The average molecular weight is 282 g/mol. The number of carbonyl (C=O) groups is 1. The molecule has 0 bridgehead atoms. The van der Waals surface area contributed by atoms with Gasteiger partial charge in [-0.25, -0.2) is 0 Å². The fourth-order valence-corrected chi connectivity index (χ4v) is 3.87. The summed E-state index contributed by atoms with van der Waals surface area (Å²) in [6, 6.07) is 1.58. The van der Waals surface area contributed by atoms with Gasteiger partial charge in [-0.15, -0.1) is 0 Å². The predicted molar refractivity (Wildman–Crippen MR) is 80.7 cm³/mol. The van der Waals surface area contributed by atoms with E-state index >= 15 is 0 Å². The van der Waals surface area contributed by atoms with Crippen molar-refractivity contribution in [3.8, 4) is 0 Å². The van der Waals surface area contributed by atoms with Gasteiger partial charge < -0.3 is 4.74 Å². The summed E-state index contributed by atoms with van der Waals surface area (Å²) in [6.45, 7) is 7.54. The lowest BCUT2D eigenvalue weighted by Crippen LogP contribution is -2.60. The average Bonchev–Trinajstić information content (AvgIpc) is 3.23. The smallest absolute Gasteiger partial charge is 0.326 e. The van der Waals surface area contributed by atoms with Gasteiger partial charge in [-0.1, -0.05) is 6.92 Å². The Morgan fingerprint density at radius 1 is 1.35 bits per heavy atom. The minimum Gasteiger partial charge on any atom is -0.468 e. The molecule has 0 aromatic heterocycles. The summed E-state index contributed by atoms with van der Waals surface area (Å²) in [5, 5.41) is 3.51. The third-order valence-corrected chi connectivity index (χ3v) is 4.72. The predicted octanol–water partition coefficient (Wildman–Crippen LogP) is 2.32. The first kappa shape index (κ1) is 15.8. The molecular weight excluding hydrogens is 252 g/mol. The van der Waals surface area contributed by atoms with E-state index < -0.39 is 5.54 Å². The van der Waals surface area contributed by atoms with Gasteiger partial charge in [0.05, 0.1) is 7.11 Å². The van der Waals surface area contributed by atoms with Crippen LogP contribution < -0.4 is 5.32 Å². The molecule has 1 N–H and O–H groups in total. The van der Waals surface area contributed by atoms with E-state index in [0.717, 1.165) is 31.8 Å². The third kappa shape index (κ3) is 3.34. The summed E-state index contributed by atoms with van der Waals surface area (Å²) in [4.78, 5) is 15.0. The zero-order valence-corrected chi connectivity index (χ0v) is 13.4. The number of hydrogen-bond acceptors (Lipinski definition) is 4. The Kier molecular flexibility index (Phi) is 5.08. The molecule has 2 aliphatic rings. The van der Waals surface area contributed by atoms with Crippen molar-refractivity contribution in [1.29, 1.82) is 0 Å². The van der Waals surface area contributed by atoms with Crippen LogP contribution in [0, 0.1) is 0 Å². The van der Waals surface area contributed by atoms with Crippen molar-refractivity contribution >= 4 is 5.97 Å². The Labute approximate surface area is 123 Å². The van der Waals surface area contributed by atoms with Crippen LogP contribution in [0.1, 0.15) is 59.3 Å². The first-order valence-electron chi connectivity index (χ1n) is 8.14. The van der Waals surface area contributed by atoms with Crippen LogP contribution in [0.25, 0.3) is 0 Å². The number of nitrogens with one attached hydrogen (secondary N) is 1. The van der Waals surface area contributed by atoms with Crippen molar-refractivity contribution < 1.29 is 9.53 Å². The summed E-state index contributed by atoms with van der Waals surface area (Å²) >= 11 is 0. The molecule has 0 radical (unpaired) electrons. The number of hydrogen-bond donors (Lipinski definition) is 1. The molecule has 116 valence electrons. The summed E-state index contributed by atoms with van der Waals surface area (Å²) in [7, 11) is 1.51. The molecule has 0 aromatic carbocycles. The molecule has 0 aliphatic heterocycles. The Hall–Kier alpha value is -0.610. The number of carbonyl (C=O) groups excluding carboxylic acids is 1. The van der Waals surface area contributed by atoms with E-state index in [0.29, 0.717) is 12.1 Å². The quantitative estimate of drug-likeness (QED) is 0.759. The highest BCUT2D eigenvalue weighted by Crippen LogP contribution is 2.37. The Balaban J connectivity index is 2.12. The molecule has 0 aromatic rings. The van der Waals surface area contributed by atoms with E-state index in [-0.39, 0.29) is 5.97 Å². The number of nitrogens with zero attached hydrogens (tertiary/aromatic N) is 1. The first-order valence-corrected chi connectivity index (χ1v) is 8.14. The van der Waals surface area contributed by atoms with Crippen LogP contribution in [0.4, 0.5) is 0 Å². The molecule has 0 saturated heterocycles. The molecule has 20 heavy (non-hydrogen) atoms. The summed E-state index contributed by atoms with van der Waals surface area (Å²) in [5.74, 6) is -0.0808. The molecule has 2 aliphatic carbocycles. The fraction of sp³-hybridized carbons (Fsp3) is 0.938. The maximum Gasteiger partial charge on any atom is 0.326 e. The fourth-order valence-electron chi connectivity index (χ4n) is 3.87. The van der Waals surface area contributed by atoms with E-state index in [1.165, 1.54) is 26.4 Å². The molecule has 0 heterocycles. The highest BCUT2D eigenvalue weighted by molar-refractivity contribution is 5.81. The first-order chi connectivity index (χ1) is 9.52. The molecule has 2 atom stereocenters. The van der Waals surface area contributed by atoms with Gasteiger partial charge >= 0.3 is 5.97 Å². The molecule has 4 nitrogen and oxygen atoms in total. The molecule has 2 rings (SSSR count). The molecule has 4 heteroatoms. The Morgan fingerprint density at radius 3 is 2.55 bits per heavy atom. The van der Waals surface area contributed by atoms with Crippen LogP contribution in [-0.2, 0) is 9.53 Å². The maximum atomic E-state index is 12.4. The van der Waals surface area contributed by atoms with Crippen molar-refractivity contribution in [3.05, 3.63) is 0 Å². The van der Waals surface area contributed by atoms with Gasteiger partial charge in [0.25, 0.3) is 0 Å². The number of esters is 1. The lowest BCUT2D eigenvalue weighted by atomic mass is 9.77. The monoisotopic (exact) mass is 282 g/mol. The van der Waals surface area contributed by atoms with Crippen LogP contribution in [0.2, 0.25) is 0 Å². The van der Waals surface area contributed by atoms with Crippen molar-refractivity contribution in [2.45, 2.75) is 83.0 Å². The van der Waals surface area contributed by atoms with Gasteiger partial charge in [0.15, 0.2) is 0 Å². The number of rotatable bonds is 6. The van der Waals surface area contributed by atoms with Crippen molar-refractivity contribution in [3.63, 3.8) is 0 Å². The van der Waals surface area contributed by atoms with Gasteiger partial charge in [0, 0.05) is 18.1 Å². The van der Waals surface area contributed by atoms with E-state index in [2.05, 4.69) is 31.0 Å². The zero-order valence-electron chi connectivity index (χ0n) is 13.4. The zero-order chi connectivity index (χ0) is 14.8. The molecule has 2 fully saturated rings. The van der Waals surface area contributed by atoms with E-state index in [9.17, 15) is 4.79 Å². The lowest BCUT2D eigenvalue weighted by Gasteiger charge is -2.44. The topological polar surface area (TPSA) is 41.6 Å². The minimum absolute atomic E-state index is 0.0808. The number of ether oxygens (including phenoxy) is 1. The minimum atomic E-state index is -0.478. The lowest BCUT2D eigenvalue weighted by molar-refractivity contribution is -0.151. The van der Waals surface area contributed by atoms with Crippen molar-refractivity contribution in [1.82, 2.24) is 10.2 Å². The van der Waals surface area contributed by atoms with E-state index in [4.69, 9.17) is 4.74 Å². The van der Waals surface area contributed by atoms with Gasteiger partial charge in [0.2, 0.25) is 0 Å². The highest BCUT2D eigenvalue weighted by Gasteiger charge is 2.46. The molecule has 0 spiro atoms. The summed E-state index contributed by atoms with van der Waals surface area (Å²) in [5.41, 5.74) is -0.478. The van der Waals surface area contributed by atoms with Crippen LogP contribution in [0.3, 0.4) is 0 Å². The Morgan fingerprint density at radius 2 is 2.05 bits per heavy atom. The van der Waals surface area contributed by atoms with Gasteiger partial charge in [-0.2, -0.15) is 0 Å². The van der Waals surface area contributed by atoms with Crippen molar-refractivity contribution in [2.24, 2.45) is 0 Å². The van der Waals surface area contributed by atoms with Crippen LogP contribution in [-0.4, -0.2) is 48.2 Å². The van der Waals surface area contributed by atoms with E-state index in [1.807, 2.05) is 0 Å².